The first-order valence-electron chi connectivity index (χ1n) is 13.3. The second-order valence-corrected chi connectivity index (χ2v) is 10.2. The number of pyridine rings is 1. The fourth-order valence-electron chi connectivity index (χ4n) is 5.48. The van der Waals surface area contributed by atoms with Gasteiger partial charge in [-0.25, -0.2) is 4.68 Å². The van der Waals surface area contributed by atoms with Crippen molar-refractivity contribution in [2.75, 3.05) is 13.2 Å². The average Bonchev–Trinajstić information content (AvgIpc) is 3.57. The molecule has 2 aromatic carbocycles. The molecule has 37 heavy (non-hydrogen) atoms. The van der Waals surface area contributed by atoms with E-state index in [0.29, 0.717) is 13.1 Å². The van der Waals surface area contributed by atoms with Crippen molar-refractivity contribution in [2.45, 2.75) is 71.7 Å². The first-order chi connectivity index (χ1) is 18.0. The smallest absolute Gasteiger partial charge is 0.252 e. The predicted octanol–water partition coefficient (Wildman–Crippen LogP) is 4.51. The maximum Gasteiger partial charge on any atom is 0.252 e. The summed E-state index contributed by atoms with van der Waals surface area (Å²) in [5.41, 5.74) is 5.16. The zero-order valence-corrected chi connectivity index (χ0v) is 22.0. The Morgan fingerprint density at radius 2 is 2.03 bits per heavy atom. The minimum atomic E-state index is -0.0454. The van der Waals surface area contributed by atoms with E-state index in [2.05, 4.69) is 82.6 Å². The first-order valence-corrected chi connectivity index (χ1v) is 13.3. The SMILES string of the molecule is CC[C@@H](c1nnnn1C[C@H]1CCCO1)N(CCc1ccccc1)Cc1cc2c(C)cc(C)cc2[nH]c1=O. The van der Waals surface area contributed by atoms with Gasteiger partial charge in [0.05, 0.1) is 18.7 Å². The molecule has 8 heteroatoms. The van der Waals surface area contributed by atoms with E-state index in [-0.39, 0.29) is 17.7 Å². The van der Waals surface area contributed by atoms with E-state index in [0.717, 1.165) is 72.3 Å². The molecule has 2 atom stereocenters. The Balaban J connectivity index is 1.47. The summed E-state index contributed by atoms with van der Waals surface area (Å²) in [4.78, 5) is 18.7. The number of hydrogen-bond acceptors (Lipinski definition) is 6. The number of aromatic nitrogens is 5. The number of nitrogens with zero attached hydrogens (tertiary/aromatic N) is 5. The summed E-state index contributed by atoms with van der Waals surface area (Å²) in [5, 5.41) is 13.9. The molecule has 8 nitrogen and oxygen atoms in total. The largest absolute Gasteiger partial charge is 0.376 e. The van der Waals surface area contributed by atoms with Crippen molar-refractivity contribution in [1.82, 2.24) is 30.1 Å². The Bertz CT molecular complexity index is 1390. The van der Waals surface area contributed by atoms with Crippen LogP contribution in [-0.2, 0) is 24.2 Å². The quantitative estimate of drug-likeness (QED) is 0.345. The molecule has 3 heterocycles. The van der Waals surface area contributed by atoms with Crippen molar-refractivity contribution in [3.05, 3.63) is 87.0 Å². The maximum atomic E-state index is 13.2. The summed E-state index contributed by atoms with van der Waals surface area (Å²) >= 11 is 0. The summed E-state index contributed by atoms with van der Waals surface area (Å²) in [5.74, 6) is 0.829. The average molecular weight is 501 g/mol. The van der Waals surface area contributed by atoms with Gasteiger partial charge in [-0.15, -0.1) is 5.10 Å². The minimum absolute atomic E-state index is 0.0330. The van der Waals surface area contributed by atoms with E-state index in [1.807, 2.05) is 16.8 Å². The molecule has 0 radical (unpaired) electrons. The maximum absolute atomic E-state index is 13.2. The van der Waals surface area contributed by atoms with E-state index < -0.39 is 0 Å². The van der Waals surface area contributed by atoms with Crippen LogP contribution in [0.25, 0.3) is 10.9 Å². The van der Waals surface area contributed by atoms with Gasteiger partial charge in [-0.1, -0.05) is 43.3 Å². The molecular formula is C29H36N6O2. The number of tetrazole rings is 1. The summed E-state index contributed by atoms with van der Waals surface area (Å²) in [6.07, 6.45) is 3.94. The van der Waals surface area contributed by atoms with Crippen molar-refractivity contribution in [2.24, 2.45) is 0 Å². The molecule has 1 saturated heterocycles. The van der Waals surface area contributed by atoms with Gasteiger partial charge in [-0.2, -0.15) is 0 Å². The molecule has 0 saturated carbocycles. The third-order valence-corrected chi connectivity index (χ3v) is 7.38. The predicted molar refractivity (Wildman–Crippen MR) is 144 cm³/mol. The lowest BCUT2D eigenvalue weighted by Crippen LogP contribution is -2.34. The number of nitrogens with one attached hydrogen (secondary N) is 1. The molecule has 0 spiro atoms. The Hall–Kier alpha value is -3.36. The normalized spacial score (nSPS) is 16.6. The lowest BCUT2D eigenvalue weighted by Gasteiger charge is -2.30. The van der Waals surface area contributed by atoms with Crippen LogP contribution in [0.5, 0.6) is 0 Å². The standard InChI is InChI=1S/C29H36N6O2/c1-4-27(28-31-32-33-35(28)19-24-11-8-14-37-24)34(13-12-22-9-6-5-7-10-22)18-23-17-25-21(3)15-20(2)16-26(25)30-29(23)36/h5-7,9-10,15-17,24,27H,4,8,11-14,18-19H2,1-3H3,(H,30,36)/t24-,27+/m1/s1. The van der Waals surface area contributed by atoms with Crippen molar-refractivity contribution in [3.63, 3.8) is 0 Å². The second-order valence-electron chi connectivity index (χ2n) is 10.2. The molecule has 0 aliphatic carbocycles. The zero-order chi connectivity index (χ0) is 25.8. The van der Waals surface area contributed by atoms with E-state index in [1.165, 1.54) is 5.56 Å². The van der Waals surface area contributed by atoms with Gasteiger partial charge in [0.15, 0.2) is 5.82 Å². The Morgan fingerprint density at radius 1 is 1.19 bits per heavy atom. The molecule has 1 aliphatic rings. The van der Waals surface area contributed by atoms with Crippen molar-refractivity contribution < 1.29 is 4.74 Å². The van der Waals surface area contributed by atoms with Crippen LogP contribution in [0.1, 0.15) is 60.3 Å². The summed E-state index contributed by atoms with van der Waals surface area (Å²) in [6.45, 7) is 9.04. The van der Waals surface area contributed by atoms with Crippen LogP contribution in [0, 0.1) is 13.8 Å². The summed E-state index contributed by atoms with van der Waals surface area (Å²) in [7, 11) is 0. The number of aromatic amines is 1. The van der Waals surface area contributed by atoms with Crippen LogP contribution in [0.4, 0.5) is 0 Å². The molecule has 1 N–H and O–H groups in total. The zero-order valence-electron chi connectivity index (χ0n) is 22.0. The highest BCUT2D eigenvalue weighted by atomic mass is 16.5. The molecule has 0 unspecified atom stereocenters. The summed E-state index contributed by atoms with van der Waals surface area (Å²) in [6, 6.07) is 16.7. The van der Waals surface area contributed by atoms with Crippen LogP contribution in [-0.4, -0.2) is 49.3 Å². The number of hydrogen-bond donors (Lipinski definition) is 1. The highest BCUT2D eigenvalue weighted by Crippen LogP contribution is 2.26. The molecular weight excluding hydrogens is 464 g/mol. The fourth-order valence-corrected chi connectivity index (χ4v) is 5.48. The Morgan fingerprint density at radius 3 is 2.78 bits per heavy atom. The van der Waals surface area contributed by atoms with Gasteiger partial charge in [0.2, 0.25) is 0 Å². The van der Waals surface area contributed by atoms with Crippen LogP contribution in [0.15, 0.2) is 53.3 Å². The Labute approximate surface area is 217 Å². The third-order valence-electron chi connectivity index (χ3n) is 7.38. The number of ether oxygens (including phenoxy) is 1. The molecule has 0 bridgehead atoms. The third kappa shape index (κ3) is 5.81. The van der Waals surface area contributed by atoms with Crippen LogP contribution >= 0.6 is 0 Å². The van der Waals surface area contributed by atoms with Crippen LogP contribution in [0.2, 0.25) is 0 Å². The van der Waals surface area contributed by atoms with E-state index >= 15 is 0 Å². The second kappa shape index (κ2) is 11.4. The fraction of sp³-hybridized carbons (Fsp3) is 0.448. The Kier molecular flexibility index (Phi) is 7.76. The van der Waals surface area contributed by atoms with Crippen LogP contribution < -0.4 is 5.56 Å². The van der Waals surface area contributed by atoms with Gasteiger partial charge in [0.1, 0.15) is 0 Å². The number of benzene rings is 2. The van der Waals surface area contributed by atoms with Crippen LogP contribution in [0.3, 0.4) is 0 Å². The molecule has 2 aromatic heterocycles. The van der Waals surface area contributed by atoms with Gasteiger partial charge in [0, 0.05) is 36.2 Å². The van der Waals surface area contributed by atoms with Crippen molar-refractivity contribution >= 4 is 10.9 Å². The number of fused-ring (bicyclic) bond motifs is 1. The monoisotopic (exact) mass is 500 g/mol. The molecule has 1 aliphatic heterocycles. The van der Waals surface area contributed by atoms with E-state index in [1.54, 1.807) is 0 Å². The molecule has 194 valence electrons. The molecule has 5 rings (SSSR count). The van der Waals surface area contributed by atoms with Crippen molar-refractivity contribution in [3.8, 4) is 0 Å². The number of aryl methyl sites for hydroxylation is 2. The topological polar surface area (TPSA) is 88.9 Å². The molecule has 0 amide bonds. The summed E-state index contributed by atoms with van der Waals surface area (Å²) < 4.78 is 7.76. The number of H-pyrrole nitrogens is 1. The van der Waals surface area contributed by atoms with Gasteiger partial charge < -0.3 is 9.72 Å². The highest BCUT2D eigenvalue weighted by Gasteiger charge is 2.27. The number of rotatable bonds is 10. The van der Waals surface area contributed by atoms with Gasteiger partial charge >= 0.3 is 0 Å². The molecule has 4 aromatic rings. The van der Waals surface area contributed by atoms with E-state index in [9.17, 15) is 4.79 Å². The van der Waals surface area contributed by atoms with Gasteiger partial charge in [0.25, 0.3) is 5.56 Å². The van der Waals surface area contributed by atoms with Gasteiger partial charge in [-0.05, 0) is 78.8 Å². The minimum Gasteiger partial charge on any atom is -0.376 e. The first kappa shape index (κ1) is 25.3. The van der Waals surface area contributed by atoms with Gasteiger partial charge in [-0.3, -0.25) is 9.69 Å². The van der Waals surface area contributed by atoms with Crippen molar-refractivity contribution in [1.29, 1.82) is 0 Å². The molecule has 1 fully saturated rings. The van der Waals surface area contributed by atoms with E-state index in [4.69, 9.17) is 4.74 Å². The lowest BCUT2D eigenvalue weighted by atomic mass is 10.0. The lowest BCUT2D eigenvalue weighted by molar-refractivity contribution is 0.0893. The highest BCUT2D eigenvalue weighted by molar-refractivity contribution is 5.83.